The first-order valence-electron chi connectivity index (χ1n) is 17.3. The van der Waals surface area contributed by atoms with Gasteiger partial charge in [0.1, 0.15) is 0 Å². The Morgan fingerprint density at radius 2 is 1.61 bits per heavy atom. The summed E-state index contributed by atoms with van der Waals surface area (Å²) in [6, 6.07) is 0. The Morgan fingerprint density at radius 3 is 2.29 bits per heavy atom. The van der Waals surface area contributed by atoms with Crippen molar-refractivity contribution >= 4 is 5.91 Å². The molecule has 5 heteroatoms. The van der Waals surface area contributed by atoms with E-state index in [0.717, 1.165) is 83.7 Å². The normalized spacial score (nSPS) is 48.9. The van der Waals surface area contributed by atoms with Crippen LogP contribution in [0.2, 0.25) is 0 Å². The minimum atomic E-state index is -0.411. The first-order chi connectivity index (χ1) is 19.4. The van der Waals surface area contributed by atoms with Gasteiger partial charge < -0.3 is 21.3 Å². The average Bonchev–Trinajstić information content (AvgIpc) is 3.34. The number of hydrogen-bond donors (Lipinski definition) is 4. The molecule has 5 nitrogen and oxygen atoms in total. The third-order valence-corrected chi connectivity index (χ3v) is 15.1. The lowest BCUT2D eigenvalue weighted by atomic mass is 9.32. The highest BCUT2D eigenvalue weighted by molar-refractivity contribution is 5.83. The zero-order chi connectivity index (χ0) is 29.8. The molecular formula is C36H62N2O3. The molecule has 11 atom stereocenters. The number of aliphatic hydroxyl groups excluding tert-OH is 2. The van der Waals surface area contributed by atoms with E-state index in [9.17, 15) is 15.0 Å². The molecule has 5 aliphatic rings. The smallest absolute Gasteiger partial charge is 0.226 e. The van der Waals surface area contributed by atoms with Crippen LogP contribution >= 0.6 is 0 Å². The second-order valence-electron chi connectivity index (χ2n) is 16.5. The lowest BCUT2D eigenvalue weighted by Gasteiger charge is -2.73. The van der Waals surface area contributed by atoms with Crippen LogP contribution in [0.25, 0.3) is 0 Å². The summed E-state index contributed by atoms with van der Waals surface area (Å²) in [5, 5.41) is 25.0. The molecule has 5 rings (SSSR count). The molecule has 41 heavy (non-hydrogen) atoms. The van der Waals surface area contributed by atoms with Crippen LogP contribution in [0.1, 0.15) is 125 Å². The molecule has 0 aliphatic heterocycles. The van der Waals surface area contributed by atoms with Crippen LogP contribution in [0, 0.1) is 56.7 Å². The zero-order valence-electron chi connectivity index (χ0n) is 27.1. The monoisotopic (exact) mass is 570 g/mol. The van der Waals surface area contributed by atoms with Crippen LogP contribution in [-0.2, 0) is 4.79 Å². The van der Waals surface area contributed by atoms with Crippen molar-refractivity contribution in [3.8, 4) is 0 Å². The van der Waals surface area contributed by atoms with Gasteiger partial charge in [0.05, 0.1) is 18.1 Å². The summed E-state index contributed by atoms with van der Waals surface area (Å²) >= 11 is 0. The molecule has 5 N–H and O–H groups in total. The van der Waals surface area contributed by atoms with Gasteiger partial charge in [0.2, 0.25) is 5.91 Å². The molecule has 234 valence electrons. The number of hydrogen-bond acceptors (Lipinski definition) is 4. The standard InChI is InChI=1S/C36H62N2O3/c1-24(2)25-13-18-36(31(41)38-22-10-8-7-9-21-37)20-19-34(5)26(30(25)36)11-12-28-32(3)16-15-29(40)33(4,23-39)27(32)14-17-35(28,34)6/h25-30,39-40H,1,7-23,37H2,2-6H3,(H,38,41)/t25-,26+,27+,28+,29-,30+,32-,33-,34+,35+,36-/m0/s1. The highest BCUT2D eigenvalue weighted by Gasteiger charge is 2.72. The minimum absolute atomic E-state index is 0.0742. The van der Waals surface area contributed by atoms with E-state index < -0.39 is 11.5 Å². The number of carbonyl (C=O) groups excluding carboxylic acids is 1. The molecule has 0 aromatic heterocycles. The van der Waals surface area contributed by atoms with Crippen molar-refractivity contribution in [1.29, 1.82) is 0 Å². The Labute approximate surface area is 250 Å². The molecule has 5 aliphatic carbocycles. The largest absolute Gasteiger partial charge is 0.396 e. The Morgan fingerprint density at radius 1 is 0.878 bits per heavy atom. The van der Waals surface area contributed by atoms with E-state index in [1.54, 1.807) is 0 Å². The van der Waals surface area contributed by atoms with Crippen LogP contribution in [0.3, 0.4) is 0 Å². The fourth-order valence-electron chi connectivity index (χ4n) is 12.6. The Hall–Kier alpha value is -0.910. The van der Waals surface area contributed by atoms with Gasteiger partial charge in [-0.15, -0.1) is 0 Å². The van der Waals surface area contributed by atoms with E-state index in [0.29, 0.717) is 35.5 Å². The number of carbonyl (C=O) groups is 1. The molecular weight excluding hydrogens is 508 g/mol. The van der Waals surface area contributed by atoms with Crippen molar-refractivity contribution in [3.63, 3.8) is 0 Å². The fraction of sp³-hybridized carbons (Fsp3) is 0.917. The van der Waals surface area contributed by atoms with Gasteiger partial charge in [-0.05, 0) is 136 Å². The molecule has 5 saturated carbocycles. The third-order valence-electron chi connectivity index (χ3n) is 15.1. The second kappa shape index (κ2) is 11.2. The van der Waals surface area contributed by atoms with E-state index in [2.05, 4.69) is 46.5 Å². The van der Waals surface area contributed by atoms with Gasteiger partial charge in [-0.25, -0.2) is 0 Å². The Balaban J connectivity index is 1.43. The number of unbranched alkanes of at least 4 members (excludes halogenated alkanes) is 3. The molecule has 0 heterocycles. The molecule has 1 amide bonds. The first kappa shape index (κ1) is 31.5. The summed E-state index contributed by atoms with van der Waals surface area (Å²) in [5.41, 5.74) is 6.80. The van der Waals surface area contributed by atoms with Crippen molar-refractivity contribution in [3.05, 3.63) is 12.2 Å². The van der Waals surface area contributed by atoms with Crippen LogP contribution in [-0.4, -0.2) is 41.9 Å². The lowest BCUT2D eigenvalue weighted by Crippen LogP contribution is -2.68. The van der Waals surface area contributed by atoms with E-state index in [1.807, 2.05) is 0 Å². The van der Waals surface area contributed by atoms with Crippen molar-refractivity contribution in [2.45, 2.75) is 131 Å². The highest BCUT2D eigenvalue weighted by atomic mass is 16.3. The average molecular weight is 571 g/mol. The molecule has 0 saturated heterocycles. The van der Waals surface area contributed by atoms with Gasteiger partial charge >= 0.3 is 0 Å². The van der Waals surface area contributed by atoms with Crippen molar-refractivity contribution in [1.82, 2.24) is 5.32 Å². The molecule has 5 fully saturated rings. The third kappa shape index (κ3) is 4.52. The molecule has 0 spiro atoms. The molecule has 0 radical (unpaired) electrons. The molecule has 0 unspecified atom stereocenters. The van der Waals surface area contributed by atoms with Gasteiger partial charge in [0.15, 0.2) is 0 Å². The second-order valence-corrected chi connectivity index (χ2v) is 16.5. The summed E-state index contributed by atoms with van der Waals surface area (Å²) in [6.45, 7) is 18.2. The molecule has 0 bridgehead atoms. The maximum absolute atomic E-state index is 14.2. The first-order valence-corrected chi connectivity index (χ1v) is 17.3. The number of amides is 1. The number of rotatable bonds is 9. The summed E-state index contributed by atoms with van der Waals surface area (Å²) in [5.74, 6) is 2.63. The van der Waals surface area contributed by atoms with E-state index >= 15 is 0 Å². The van der Waals surface area contributed by atoms with Crippen LogP contribution in [0.4, 0.5) is 0 Å². The van der Waals surface area contributed by atoms with E-state index in [4.69, 9.17) is 5.73 Å². The van der Waals surface area contributed by atoms with Gasteiger partial charge in [-0.3, -0.25) is 4.79 Å². The predicted molar refractivity (Wildman–Crippen MR) is 167 cm³/mol. The van der Waals surface area contributed by atoms with Gasteiger partial charge in [-0.1, -0.05) is 52.7 Å². The van der Waals surface area contributed by atoms with Gasteiger partial charge in [0, 0.05) is 12.0 Å². The van der Waals surface area contributed by atoms with Gasteiger partial charge in [0.25, 0.3) is 0 Å². The summed E-state index contributed by atoms with van der Waals surface area (Å²) in [7, 11) is 0. The zero-order valence-corrected chi connectivity index (χ0v) is 27.1. The van der Waals surface area contributed by atoms with Crippen molar-refractivity contribution < 1.29 is 15.0 Å². The van der Waals surface area contributed by atoms with Crippen LogP contribution < -0.4 is 11.1 Å². The minimum Gasteiger partial charge on any atom is -0.396 e. The van der Waals surface area contributed by atoms with Crippen molar-refractivity contribution in [2.24, 2.45) is 62.4 Å². The molecule has 0 aromatic rings. The van der Waals surface area contributed by atoms with Gasteiger partial charge in [-0.2, -0.15) is 0 Å². The quantitative estimate of drug-likeness (QED) is 0.185. The summed E-state index contributed by atoms with van der Waals surface area (Å²) < 4.78 is 0. The number of aliphatic hydroxyl groups is 2. The number of fused-ring (bicyclic) bond motifs is 7. The van der Waals surface area contributed by atoms with E-state index in [-0.39, 0.29) is 28.3 Å². The predicted octanol–water partition coefficient (Wildman–Crippen LogP) is 6.61. The lowest BCUT2D eigenvalue weighted by molar-refractivity contribution is -0.252. The molecule has 0 aromatic carbocycles. The number of nitrogens with two attached hydrogens (primary N) is 1. The Bertz CT molecular complexity index is 999. The number of nitrogens with one attached hydrogen (secondary N) is 1. The number of allylic oxidation sites excluding steroid dienone is 1. The Kier molecular flexibility index (Phi) is 8.63. The summed E-state index contributed by atoms with van der Waals surface area (Å²) in [4.78, 5) is 14.2. The van der Waals surface area contributed by atoms with E-state index in [1.165, 1.54) is 24.8 Å². The SMILES string of the molecule is C=C(C)[C@@H]1CC[C@]2(C(=O)NCCCCCCN)CC[C@]3(C)[C@H](CC[C@@H]4[C@@]5(C)CC[C@H](O)[C@@](C)(CO)[C@@H]5CC[C@]43C)[C@@H]12. The maximum Gasteiger partial charge on any atom is 0.226 e. The topological polar surface area (TPSA) is 95.6 Å². The maximum atomic E-state index is 14.2. The highest BCUT2D eigenvalue weighted by Crippen LogP contribution is 2.77. The van der Waals surface area contributed by atoms with Crippen LogP contribution in [0.15, 0.2) is 12.2 Å². The van der Waals surface area contributed by atoms with Crippen molar-refractivity contribution in [2.75, 3.05) is 19.7 Å². The fourth-order valence-corrected chi connectivity index (χ4v) is 12.6. The van der Waals surface area contributed by atoms with Crippen LogP contribution in [0.5, 0.6) is 0 Å². The summed E-state index contributed by atoms with van der Waals surface area (Å²) in [6.07, 6.45) is 14.7.